The second kappa shape index (κ2) is 6.12. The van der Waals surface area contributed by atoms with Gasteiger partial charge in [0.1, 0.15) is 12.4 Å². The van der Waals surface area contributed by atoms with E-state index >= 15 is 0 Å². The van der Waals surface area contributed by atoms with E-state index in [0.29, 0.717) is 15.8 Å². The molecule has 4 heteroatoms. The van der Waals surface area contributed by atoms with Gasteiger partial charge in [-0.25, -0.2) is 0 Å². The molecule has 1 aromatic carbocycles. The predicted molar refractivity (Wildman–Crippen MR) is 66.4 cm³/mol. The Labute approximate surface area is 106 Å². The Balaban J connectivity index is 2.61. The number of ether oxygens (including phenoxy) is 1. The van der Waals surface area contributed by atoms with Gasteiger partial charge in [0.2, 0.25) is 0 Å². The third-order valence-electron chi connectivity index (χ3n) is 2.43. The van der Waals surface area contributed by atoms with Gasteiger partial charge in [0.15, 0.2) is 5.78 Å². The fraction of sp³-hybridized carbons (Fsp3) is 0.417. The first-order valence-electron chi connectivity index (χ1n) is 5.15. The van der Waals surface area contributed by atoms with Gasteiger partial charge in [0, 0.05) is 17.0 Å². The van der Waals surface area contributed by atoms with E-state index in [1.54, 1.807) is 18.2 Å². The minimum absolute atomic E-state index is 0.0120. The highest BCUT2D eigenvalue weighted by Crippen LogP contribution is 2.27. The first-order chi connectivity index (χ1) is 7.54. The van der Waals surface area contributed by atoms with Crippen LogP contribution >= 0.6 is 23.2 Å². The molecule has 1 rings (SSSR count). The zero-order valence-electron chi connectivity index (χ0n) is 9.30. The molecule has 2 nitrogen and oxygen atoms in total. The number of ketones is 1. The molecule has 16 heavy (non-hydrogen) atoms. The molecule has 0 amide bonds. The maximum absolute atomic E-state index is 11.5. The van der Waals surface area contributed by atoms with E-state index in [4.69, 9.17) is 27.9 Å². The van der Waals surface area contributed by atoms with Crippen molar-refractivity contribution in [1.29, 1.82) is 0 Å². The van der Waals surface area contributed by atoms with Gasteiger partial charge in [-0.15, -0.1) is 0 Å². The zero-order valence-corrected chi connectivity index (χ0v) is 10.8. The second-order valence-electron chi connectivity index (χ2n) is 3.64. The van der Waals surface area contributed by atoms with Crippen LogP contribution in [0.15, 0.2) is 18.2 Å². The molecule has 0 radical (unpaired) electrons. The van der Waals surface area contributed by atoms with Gasteiger partial charge in [-0.2, -0.15) is 0 Å². The molecule has 1 aromatic rings. The summed E-state index contributed by atoms with van der Waals surface area (Å²) in [5.74, 6) is 0.530. The highest BCUT2D eigenvalue weighted by molar-refractivity contribution is 6.34. The third-order valence-corrected chi connectivity index (χ3v) is 2.97. The highest BCUT2D eigenvalue weighted by Gasteiger charge is 2.12. The summed E-state index contributed by atoms with van der Waals surface area (Å²) >= 11 is 11.7. The Morgan fingerprint density at radius 1 is 1.44 bits per heavy atom. The molecule has 1 unspecified atom stereocenters. The number of rotatable bonds is 5. The number of carbonyl (C=O) groups excluding carboxylic acids is 1. The molecule has 0 aromatic heterocycles. The van der Waals surface area contributed by atoms with Crippen molar-refractivity contribution in [2.75, 3.05) is 6.61 Å². The molecule has 0 fully saturated rings. The van der Waals surface area contributed by atoms with Crippen LogP contribution in [-0.2, 0) is 4.79 Å². The highest BCUT2D eigenvalue weighted by atomic mass is 35.5. The van der Waals surface area contributed by atoms with Gasteiger partial charge in [-0.3, -0.25) is 4.79 Å². The summed E-state index contributed by atoms with van der Waals surface area (Å²) in [5, 5.41) is 0.997. The van der Waals surface area contributed by atoms with E-state index in [1.807, 2.05) is 13.8 Å². The summed E-state index contributed by atoms with van der Waals surface area (Å²) in [4.78, 5) is 11.5. The Morgan fingerprint density at radius 3 is 2.75 bits per heavy atom. The Kier molecular flexibility index (Phi) is 5.10. The van der Waals surface area contributed by atoms with Crippen molar-refractivity contribution in [3.63, 3.8) is 0 Å². The van der Waals surface area contributed by atoms with E-state index in [-0.39, 0.29) is 18.3 Å². The van der Waals surface area contributed by atoms with E-state index in [0.717, 1.165) is 6.42 Å². The Hall–Kier alpha value is -0.730. The predicted octanol–water partition coefficient (Wildman–Crippen LogP) is 3.99. The number of benzene rings is 1. The minimum atomic E-state index is 0.0120. The average molecular weight is 261 g/mol. The van der Waals surface area contributed by atoms with Crippen LogP contribution in [0.5, 0.6) is 5.75 Å². The molecular formula is C12H14Cl2O2. The molecular weight excluding hydrogens is 247 g/mol. The molecule has 0 N–H and O–H groups in total. The lowest BCUT2D eigenvalue weighted by Crippen LogP contribution is -2.18. The number of carbonyl (C=O) groups is 1. The lowest BCUT2D eigenvalue weighted by atomic mass is 10.1. The standard InChI is InChI=1S/C12H14Cl2O2/c1-3-8(2)11(15)7-16-12-6-9(13)4-5-10(12)14/h4-6,8H,3,7H2,1-2H3. The lowest BCUT2D eigenvalue weighted by Gasteiger charge is -2.10. The first kappa shape index (κ1) is 13.3. The summed E-state index contributed by atoms with van der Waals surface area (Å²) in [6, 6.07) is 4.92. The topological polar surface area (TPSA) is 26.3 Å². The van der Waals surface area contributed by atoms with Crippen LogP contribution in [0.1, 0.15) is 20.3 Å². The SMILES string of the molecule is CCC(C)C(=O)COc1cc(Cl)ccc1Cl. The number of hydrogen-bond acceptors (Lipinski definition) is 2. The monoisotopic (exact) mass is 260 g/mol. The van der Waals surface area contributed by atoms with Crippen LogP contribution in [0.25, 0.3) is 0 Å². The summed E-state index contributed by atoms with van der Waals surface area (Å²) in [7, 11) is 0. The van der Waals surface area contributed by atoms with Crippen LogP contribution in [0, 0.1) is 5.92 Å². The van der Waals surface area contributed by atoms with E-state index < -0.39 is 0 Å². The average Bonchev–Trinajstić information content (AvgIpc) is 2.28. The summed E-state index contributed by atoms with van der Waals surface area (Å²) < 4.78 is 5.34. The molecule has 0 bridgehead atoms. The number of hydrogen-bond donors (Lipinski definition) is 0. The fourth-order valence-electron chi connectivity index (χ4n) is 1.11. The quantitative estimate of drug-likeness (QED) is 0.801. The molecule has 0 aliphatic rings. The normalized spacial score (nSPS) is 12.2. The lowest BCUT2D eigenvalue weighted by molar-refractivity contribution is -0.124. The van der Waals surface area contributed by atoms with Crippen molar-refractivity contribution < 1.29 is 9.53 Å². The Morgan fingerprint density at radius 2 is 2.12 bits per heavy atom. The molecule has 0 saturated heterocycles. The summed E-state index contributed by atoms with van der Waals surface area (Å²) in [5.41, 5.74) is 0. The van der Waals surface area contributed by atoms with Crippen LogP contribution in [0.4, 0.5) is 0 Å². The first-order valence-corrected chi connectivity index (χ1v) is 5.90. The largest absolute Gasteiger partial charge is 0.484 e. The van der Waals surface area contributed by atoms with Crippen molar-refractivity contribution in [1.82, 2.24) is 0 Å². The van der Waals surface area contributed by atoms with Crippen LogP contribution in [0.3, 0.4) is 0 Å². The van der Waals surface area contributed by atoms with Crippen LogP contribution in [0.2, 0.25) is 10.0 Å². The van der Waals surface area contributed by atoms with Crippen molar-refractivity contribution >= 4 is 29.0 Å². The molecule has 0 aliphatic heterocycles. The molecule has 0 heterocycles. The fourth-order valence-corrected chi connectivity index (χ4v) is 1.44. The van der Waals surface area contributed by atoms with Crippen molar-refractivity contribution in [3.8, 4) is 5.75 Å². The zero-order chi connectivity index (χ0) is 12.1. The van der Waals surface area contributed by atoms with Crippen molar-refractivity contribution in [2.24, 2.45) is 5.92 Å². The second-order valence-corrected chi connectivity index (χ2v) is 4.48. The van der Waals surface area contributed by atoms with Gasteiger partial charge in [0.25, 0.3) is 0 Å². The van der Waals surface area contributed by atoms with Crippen molar-refractivity contribution in [3.05, 3.63) is 28.2 Å². The number of halogens is 2. The molecule has 1 atom stereocenters. The summed E-state index contributed by atoms with van der Waals surface area (Å²) in [6.45, 7) is 3.88. The van der Waals surface area contributed by atoms with Gasteiger partial charge in [-0.05, 0) is 18.6 Å². The van der Waals surface area contributed by atoms with E-state index in [9.17, 15) is 4.79 Å². The van der Waals surface area contributed by atoms with Gasteiger partial charge >= 0.3 is 0 Å². The maximum atomic E-state index is 11.5. The van der Waals surface area contributed by atoms with E-state index in [2.05, 4.69) is 0 Å². The van der Waals surface area contributed by atoms with Gasteiger partial charge in [-0.1, -0.05) is 37.0 Å². The van der Waals surface area contributed by atoms with Gasteiger partial charge < -0.3 is 4.74 Å². The van der Waals surface area contributed by atoms with Crippen molar-refractivity contribution in [2.45, 2.75) is 20.3 Å². The Bertz CT molecular complexity index is 377. The van der Waals surface area contributed by atoms with Crippen LogP contribution < -0.4 is 4.74 Å². The molecule has 0 saturated carbocycles. The molecule has 0 spiro atoms. The third kappa shape index (κ3) is 3.69. The summed E-state index contributed by atoms with van der Waals surface area (Å²) in [6.07, 6.45) is 0.811. The molecule has 88 valence electrons. The minimum Gasteiger partial charge on any atom is -0.484 e. The number of Topliss-reactive ketones (excluding diaryl/α,β-unsaturated/α-hetero) is 1. The maximum Gasteiger partial charge on any atom is 0.172 e. The van der Waals surface area contributed by atoms with Crippen LogP contribution in [-0.4, -0.2) is 12.4 Å². The molecule has 0 aliphatic carbocycles. The smallest absolute Gasteiger partial charge is 0.172 e. The van der Waals surface area contributed by atoms with E-state index in [1.165, 1.54) is 0 Å². The van der Waals surface area contributed by atoms with Gasteiger partial charge in [0.05, 0.1) is 5.02 Å².